The van der Waals surface area contributed by atoms with Crippen LogP contribution in [0.3, 0.4) is 0 Å². The van der Waals surface area contributed by atoms with Crippen LogP contribution in [-0.2, 0) is 4.74 Å². The van der Waals surface area contributed by atoms with Gasteiger partial charge in [-0.15, -0.1) is 10.2 Å². The number of rotatable bonds is 2. The molecular weight excluding hydrogens is 236 g/mol. The molecule has 2 aromatic heterocycles. The fraction of sp³-hybridized carbons (Fsp3) is 0.286. The third-order valence-corrected chi connectivity index (χ3v) is 3.02. The topological polar surface area (TPSA) is 77.9 Å². The lowest BCUT2D eigenvalue weighted by Gasteiger charge is -1.88. The number of esters is 1. The SMILES string of the molecule is COC(=O)c1nnc(-c2nsc(C)n2)s1. The van der Waals surface area contributed by atoms with E-state index in [1.165, 1.54) is 18.6 Å². The minimum absolute atomic E-state index is 0.208. The molecule has 15 heavy (non-hydrogen) atoms. The summed E-state index contributed by atoms with van der Waals surface area (Å²) in [4.78, 5) is 15.3. The number of carbonyl (C=O) groups is 1. The Kier molecular flexibility index (Phi) is 2.69. The number of hydrogen-bond acceptors (Lipinski definition) is 8. The molecule has 0 bridgehead atoms. The first-order chi connectivity index (χ1) is 7.20. The van der Waals surface area contributed by atoms with Crippen molar-refractivity contribution in [2.75, 3.05) is 7.11 Å². The molecule has 2 aromatic rings. The van der Waals surface area contributed by atoms with E-state index in [9.17, 15) is 4.79 Å². The van der Waals surface area contributed by atoms with Crippen molar-refractivity contribution < 1.29 is 9.53 Å². The van der Waals surface area contributed by atoms with Gasteiger partial charge in [0.1, 0.15) is 5.01 Å². The Morgan fingerprint density at radius 1 is 1.40 bits per heavy atom. The maximum Gasteiger partial charge on any atom is 0.369 e. The number of nitrogens with zero attached hydrogens (tertiary/aromatic N) is 4. The first-order valence-corrected chi connectivity index (χ1v) is 5.52. The minimum atomic E-state index is -0.495. The van der Waals surface area contributed by atoms with Gasteiger partial charge in [-0.2, -0.15) is 4.37 Å². The molecule has 78 valence electrons. The van der Waals surface area contributed by atoms with Crippen LogP contribution in [0, 0.1) is 6.92 Å². The smallest absolute Gasteiger partial charge is 0.369 e. The van der Waals surface area contributed by atoms with Crippen molar-refractivity contribution in [2.45, 2.75) is 6.92 Å². The van der Waals surface area contributed by atoms with Gasteiger partial charge in [0.2, 0.25) is 10.8 Å². The zero-order valence-corrected chi connectivity index (χ0v) is 9.55. The molecular formula is C7H6N4O2S2. The van der Waals surface area contributed by atoms with E-state index in [4.69, 9.17) is 0 Å². The van der Waals surface area contributed by atoms with Gasteiger partial charge in [-0.25, -0.2) is 9.78 Å². The summed E-state index contributed by atoms with van der Waals surface area (Å²) in [7, 11) is 1.30. The van der Waals surface area contributed by atoms with Crippen LogP contribution in [0.15, 0.2) is 0 Å². The van der Waals surface area contributed by atoms with Gasteiger partial charge in [0.05, 0.1) is 7.11 Å². The van der Waals surface area contributed by atoms with Crippen molar-refractivity contribution in [3.63, 3.8) is 0 Å². The van der Waals surface area contributed by atoms with Gasteiger partial charge in [0.25, 0.3) is 0 Å². The van der Waals surface area contributed by atoms with Gasteiger partial charge < -0.3 is 4.74 Å². The lowest BCUT2D eigenvalue weighted by Crippen LogP contribution is -1.99. The lowest BCUT2D eigenvalue weighted by atomic mass is 10.6. The van der Waals surface area contributed by atoms with E-state index in [0.29, 0.717) is 10.8 Å². The van der Waals surface area contributed by atoms with Crippen molar-refractivity contribution in [2.24, 2.45) is 0 Å². The molecule has 0 aliphatic carbocycles. The van der Waals surface area contributed by atoms with Crippen LogP contribution in [0.1, 0.15) is 14.8 Å². The van der Waals surface area contributed by atoms with Crippen LogP contribution in [0.5, 0.6) is 0 Å². The number of carbonyl (C=O) groups excluding carboxylic acids is 1. The van der Waals surface area contributed by atoms with Gasteiger partial charge in [0.15, 0.2) is 5.01 Å². The molecule has 0 aliphatic rings. The zero-order chi connectivity index (χ0) is 10.8. The van der Waals surface area contributed by atoms with Crippen molar-refractivity contribution in [1.82, 2.24) is 19.6 Å². The monoisotopic (exact) mass is 242 g/mol. The molecule has 0 atom stereocenters. The summed E-state index contributed by atoms with van der Waals surface area (Å²) in [6, 6.07) is 0. The Morgan fingerprint density at radius 3 is 2.80 bits per heavy atom. The molecule has 0 fully saturated rings. The molecule has 0 unspecified atom stereocenters. The fourth-order valence-corrected chi connectivity index (χ4v) is 2.10. The molecule has 0 amide bonds. The van der Waals surface area contributed by atoms with Gasteiger partial charge in [0, 0.05) is 0 Å². The van der Waals surface area contributed by atoms with Crippen molar-refractivity contribution in [3.8, 4) is 10.8 Å². The third-order valence-electron chi connectivity index (χ3n) is 1.50. The molecule has 8 heteroatoms. The average Bonchev–Trinajstić information content (AvgIpc) is 2.84. The molecule has 0 radical (unpaired) electrons. The standard InChI is InChI=1S/C7H6N4O2S2/c1-3-8-4(11-15-3)5-9-10-6(14-5)7(12)13-2/h1-2H3. The van der Waals surface area contributed by atoms with Crippen molar-refractivity contribution in [3.05, 3.63) is 10.0 Å². The maximum absolute atomic E-state index is 11.1. The highest BCUT2D eigenvalue weighted by Crippen LogP contribution is 2.22. The molecule has 6 nitrogen and oxygen atoms in total. The van der Waals surface area contributed by atoms with E-state index in [0.717, 1.165) is 16.3 Å². The number of ether oxygens (including phenoxy) is 1. The van der Waals surface area contributed by atoms with Crippen molar-refractivity contribution >= 4 is 28.8 Å². The second kappa shape index (κ2) is 3.99. The minimum Gasteiger partial charge on any atom is -0.464 e. The van der Waals surface area contributed by atoms with E-state index in [1.54, 1.807) is 0 Å². The maximum atomic E-state index is 11.1. The van der Waals surface area contributed by atoms with Crippen LogP contribution in [-0.4, -0.2) is 32.6 Å². The van der Waals surface area contributed by atoms with E-state index in [-0.39, 0.29) is 5.01 Å². The Morgan fingerprint density at radius 2 is 2.20 bits per heavy atom. The summed E-state index contributed by atoms with van der Waals surface area (Å²) in [6.45, 7) is 1.85. The molecule has 2 heterocycles. The Hall–Kier alpha value is -1.41. The molecule has 2 rings (SSSR count). The van der Waals surface area contributed by atoms with E-state index in [1.807, 2.05) is 6.92 Å². The molecule has 0 saturated heterocycles. The van der Waals surface area contributed by atoms with Gasteiger partial charge in [-0.3, -0.25) is 0 Å². The highest BCUT2D eigenvalue weighted by molar-refractivity contribution is 7.16. The van der Waals surface area contributed by atoms with Gasteiger partial charge in [-0.05, 0) is 18.5 Å². The zero-order valence-electron chi connectivity index (χ0n) is 7.92. The highest BCUT2D eigenvalue weighted by Gasteiger charge is 2.16. The predicted octanol–water partition coefficient (Wildman–Crippen LogP) is 1.15. The van der Waals surface area contributed by atoms with E-state index >= 15 is 0 Å². The molecule has 0 spiro atoms. The first kappa shape index (κ1) is 10.1. The van der Waals surface area contributed by atoms with E-state index < -0.39 is 5.97 Å². The Bertz CT molecular complexity index is 493. The number of methoxy groups -OCH3 is 1. The summed E-state index contributed by atoms with van der Waals surface area (Å²) >= 11 is 2.40. The summed E-state index contributed by atoms with van der Waals surface area (Å²) in [5.74, 6) is 0.0101. The van der Waals surface area contributed by atoms with E-state index in [2.05, 4.69) is 24.3 Å². The lowest BCUT2D eigenvalue weighted by molar-refractivity contribution is 0.0599. The first-order valence-electron chi connectivity index (χ1n) is 3.93. The summed E-state index contributed by atoms with van der Waals surface area (Å²) in [5, 5.41) is 9.09. The number of hydrogen-bond donors (Lipinski definition) is 0. The summed E-state index contributed by atoms with van der Waals surface area (Å²) in [6.07, 6.45) is 0. The van der Waals surface area contributed by atoms with Crippen LogP contribution in [0.4, 0.5) is 0 Å². The average molecular weight is 242 g/mol. The van der Waals surface area contributed by atoms with Crippen molar-refractivity contribution in [1.29, 1.82) is 0 Å². The van der Waals surface area contributed by atoms with Crippen LogP contribution in [0.25, 0.3) is 10.8 Å². The molecule has 0 saturated carbocycles. The highest BCUT2D eigenvalue weighted by atomic mass is 32.1. The second-order valence-electron chi connectivity index (χ2n) is 2.54. The quantitative estimate of drug-likeness (QED) is 0.735. The number of aryl methyl sites for hydroxylation is 1. The van der Waals surface area contributed by atoms with Gasteiger partial charge >= 0.3 is 5.97 Å². The Balaban J connectivity index is 2.31. The van der Waals surface area contributed by atoms with Crippen LogP contribution < -0.4 is 0 Å². The predicted molar refractivity (Wildman–Crippen MR) is 54.9 cm³/mol. The third kappa shape index (κ3) is 2.00. The molecule has 0 N–H and O–H groups in total. The second-order valence-corrected chi connectivity index (χ2v) is 4.47. The van der Waals surface area contributed by atoms with Gasteiger partial charge in [-0.1, -0.05) is 11.3 Å². The summed E-state index contributed by atoms with van der Waals surface area (Å²) in [5.41, 5.74) is 0. The fourth-order valence-electron chi connectivity index (χ4n) is 0.870. The summed E-state index contributed by atoms with van der Waals surface area (Å²) < 4.78 is 8.59. The normalized spacial score (nSPS) is 10.3. The Labute approximate surface area is 93.1 Å². The largest absolute Gasteiger partial charge is 0.464 e. The van der Waals surface area contributed by atoms with Crippen LogP contribution in [0.2, 0.25) is 0 Å². The van der Waals surface area contributed by atoms with Crippen LogP contribution >= 0.6 is 22.9 Å². The molecule has 0 aliphatic heterocycles. The molecule has 0 aromatic carbocycles. The number of aromatic nitrogens is 4.